The number of nitrogen functional groups attached to an aromatic ring is 1. The van der Waals surface area contributed by atoms with Crippen LogP contribution < -0.4 is 11.5 Å². The third kappa shape index (κ3) is 8.36. The Kier molecular flexibility index (Phi) is 11.1. The maximum absolute atomic E-state index is 13.7. The predicted octanol–water partition coefficient (Wildman–Crippen LogP) is 10.2. The molecule has 7 nitrogen and oxygen atoms in total. The number of nitrogens with one attached hydrogen (secondary N) is 1. The van der Waals surface area contributed by atoms with E-state index in [1.165, 1.54) is 34.0 Å². The van der Waals surface area contributed by atoms with E-state index in [2.05, 4.69) is 15.0 Å². The van der Waals surface area contributed by atoms with E-state index in [4.69, 9.17) is 21.3 Å². The number of aliphatic imine (C=N–C) groups is 1. The standard InChI is InChI=1S/C17H13F4N3S3.C15H13N3OS2/c1-8-14(9-5-10(17(19,20)21)7-11(18)6-9)23-16(26-8)24-15(22)12-3-4-13(25-2)27-12;1-20-15-10(7-12(21-15)13(16)17)14-18-8-11(19-14)9-5-3-2-4-6-9/h3-7H,1-2H3,(H2,22,23,24);2-8H,1H3,(H3,16,17). The maximum Gasteiger partial charge on any atom is 0.416 e. The first-order valence-corrected chi connectivity index (χ1v) is 18.6. The maximum atomic E-state index is 13.7. The lowest BCUT2D eigenvalue weighted by molar-refractivity contribution is -0.137. The number of rotatable bonds is 8. The van der Waals surface area contributed by atoms with Crippen LogP contribution in [0, 0.1) is 18.2 Å². The summed E-state index contributed by atoms with van der Waals surface area (Å²) in [5, 5.41) is 7.85. The highest BCUT2D eigenvalue weighted by Crippen LogP contribution is 2.39. The number of aryl methyl sites for hydroxylation is 1. The minimum atomic E-state index is -4.64. The molecule has 0 bridgehead atoms. The molecule has 48 heavy (non-hydrogen) atoms. The van der Waals surface area contributed by atoms with Gasteiger partial charge in [-0.15, -0.1) is 46.2 Å². The van der Waals surface area contributed by atoms with E-state index in [1.807, 2.05) is 61.0 Å². The van der Waals surface area contributed by atoms with Crippen LogP contribution in [0.3, 0.4) is 0 Å². The number of oxazole rings is 1. The van der Waals surface area contributed by atoms with E-state index >= 15 is 0 Å². The molecule has 0 aliphatic rings. The first kappa shape index (κ1) is 35.3. The zero-order chi connectivity index (χ0) is 34.6. The van der Waals surface area contributed by atoms with Crippen molar-refractivity contribution in [2.45, 2.75) is 21.5 Å². The molecule has 0 aliphatic carbocycles. The van der Waals surface area contributed by atoms with E-state index < -0.39 is 17.6 Å². The number of thioether (sulfide) groups is 2. The molecule has 0 saturated carbocycles. The van der Waals surface area contributed by atoms with Crippen molar-refractivity contribution in [1.29, 1.82) is 5.41 Å². The molecule has 6 rings (SSSR count). The van der Waals surface area contributed by atoms with Gasteiger partial charge in [-0.2, -0.15) is 13.2 Å². The molecular weight excluding hydrogens is 721 g/mol. The van der Waals surface area contributed by atoms with Gasteiger partial charge in [-0.25, -0.2) is 19.4 Å². The molecule has 5 N–H and O–H groups in total. The van der Waals surface area contributed by atoms with Crippen LogP contribution in [0.15, 0.2) is 90.8 Å². The van der Waals surface area contributed by atoms with Gasteiger partial charge in [-0.1, -0.05) is 41.7 Å². The quantitative estimate of drug-likeness (QED) is 0.0612. The molecule has 6 aromatic rings. The summed E-state index contributed by atoms with van der Waals surface area (Å²) >= 11 is 7.33. The van der Waals surface area contributed by atoms with Crippen molar-refractivity contribution in [3.8, 4) is 34.0 Å². The number of thiazole rings is 1. The van der Waals surface area contributed by atoms with Gasteiger partial charge in [0, 0.05) is 16.0 Å². The smallest absolute Gasteiger partial charge is 0.416 e. The zero-order valence-corrected chi connectivity index (χ0v) is 29.5. The molecule has 0 spiro atoms. The van der Waals surface area contributed by atoms with Crippen LogP contribution in [0.5, 0.6) is 0 Å². The number of thiophene rings is 2. The van der Waals surface area contributed by atoms with Crippen LogP contribution >= 0.6 is 57.5 Å². The number of hydrogen-bond acceptors (Lipinski definition) is 10. The number of nitrogens with two attached hydrogens (primary N) is 2. The van der Waals surface area contributed by atoms with Gasteiger partial charge in [0.05, 0.1) is 41.2 Å². The average molecular weight is 747 g/mol. The second-order valence-electron chi connectivity index (χ2n) is 9.77. The summed E-state index contributed by atoms with van der Waals surface area (Å²) < 4.78 is 60.5. The Morgan fingerprint density at radius 2 is 1.67 bits per heavy atom. The van der Waals surface area contributed by atoms with E-state index in [9.17, 15) is 17.6 Å². The largest absolute Gasteiger partial charge is 0.436 e. The van der Waals surface area contributed by atoms with E-state index in [-0.39, 0.29) is 22.9 Å². The lowest BCUT2D eigenvalue weighted by Gasteiger charge is -2.08. The third-order valence-electron chi connectivity index (χ3n) is 6.48. The fraction of sp³-hybridized carbons (Fsp3) is 0.125. The first-order chi connectivity index (χ1) is 22.9. The topological polar surface area (TPSA) is 127 Å². The molecule has 0 radical (unpaired) electrons. The van der Waals surface area contributed by atoms with E-state index in [1.54, 1.807) is 36.6 Å². The summed E-state index contributed by atoms with van der Waals surface area (Å²) in [5.41, 5.74) is 12.7. The van der Waals surface area contributed by atoms with Crippen LogP contribution in [0.2, 0.25) is 0 Å². The van der Waals surface area contributed by atoms with Crippen molar-refractivity contribution in [2.24, 2.45) is 16.5 Å². The predicted molar refractivity (Wildman–Crippen MR) is 192 cm³/mol. The number of aromatic nitrogens is 2. The molecule has 248 valence electrons. The van der Waals surface area contributed by atoms with Crippen LogP contribution in [-0.2, 0) is 6.18 Å². The number of benzene rings is 2. The Balaban J connectivity index is 0.000000194. The summed E-state index contributed by atoms with van der Waals surface area (Å²) in [6.07, 6.45) is 1.02. The van der Waals surface area contributed by atoms with Crippen LogP contribution in [-0.4, -0.2) is 34.2 Å². The van der Waals surface area contributed by atoms with Gasteiger partial charge < -0.3 is 15.9 Å². The SMILES string of the molecule is CSc1ccc(C(N)=Nc2nc(-c3cc(F)cc(C(F)(F)F)c3)c(C)s2)s1.CSc1sc(C(=N)N)cc1-c1ncc(-c2ccccc2)o1. The number of halogens is 4. The fourth-order valence-corrected chi connectivity index (χ4v) is 8.23. The number of alkyl halides is 3. The van der Waals surface area contributed by atoms with Crippen molar-refractivity contribution in [2.75, 3.05) is 12.5 Å². The van der Waals surface area contributed by atoms with Crippen molar-refractivity contribution < 1.29 is 22.0 Å². The van der Waals surface area contributed by atoms with Gasteiger partial charge in [0.15, 0.2) is 5.76 Å². The number of hydrogen-bond donors (Lipinski definition) is 3. The second-order valence-corrected chi connectivity index (χ2v) is 15.3. The van der Waals surface area contributed by atoms with Gasteiger partial charge >= 0.3 is 6.18 Å². The minimum absolute atomic E-state index is 0.0527. The molecule has 2 aromatic carbocycles. The molecule has 4 aromatic heterocycles. The molecule has 0 aliphatic heterocycles. The first-order valence-electron chi connectivity index (χ1n) is 13.7. The minimum Gasteiger partial charge on any atom is -0.436 e. The Morgan fingerprint density at radius 3 is 2.31 bits per heavy atom. The fourth-order valence-electron chi connectivity index (χ4n) is 4.26. The Labute approximate surface area is 293 Å². The summed E-state index contributed by atoms with van der Waals surface area (Å²) in [4.78, 5) is 15.0. The Morgan fingerprint density at radius 1 is 0.917 bits per heavy atom. The summed E-state index contributed by atoms with van der Waals surface area (Å²) in [6, 6.07) is 17.8. The Bertz CT molecular complexity index is 2080. The third-order valence-corrected chi connectivity index (χ3v) is 11.8. The molecule has 4 heterocycles. The molecule has 0 saturated heterocycles. The molecule has 0 unspecified atom stereocenters. The lowest BCUT2D eigenvalue weighted by atomic mass is 10.1. The zero-order valence-electron chi connectivity index (χ0n) is 25.4. The molecule has 0 fully saturated rings. The number of nitrogens with zero attached hydrogens (tertiary/aromatic N) is 3. The van der Waals surface area contributed by atoms with Crippen LogP contribution in [0.1, 0.15) is 20.2 Å². The van der Waals surface area contributed by atoms with Gasteiger partial charge in [-0.3, -0.25) is 5.41 Å². The average Bonchev–Trinajstić information content (AvgIpc) is 3.87. The number of amidine groups is 2. The second kappa shape index (κ2) is 15.1. The molecule has 0 atom stereocenters. The van der Waals surface area contributed by atoms with Gasteiger partial charge in [0.1, 0.15) is 17.5 Å². The summed E-state index contributed by atoms with van der Waals surface area (Å²) in [5.74, 6) is 0.655. The highest BCUT2D eigenvalue weighted by molar-refractivity contribution is 8.00. The highest BCUT2D eigenvalue weighted by Gasteiger charge is 2.32. The summed E-state index contributed by atoms with van der Waals surface area (Å²) in [7, 11) is 0. The van der Waals surface area contributed by atoms with E-state index in [0.29, 0.717) is 22.0 Å². The van der Waals surface area contributed by atoms with Crippen molar-refractivity contribution in [3.05, 3.63) is 98.9 Å². The van der Waals surface area contributed by atoms with Crippen LogP contribution in [0.25, 0.3) is 34.0 Å². The molecule has 0 amide bonds. The van der Waals surface area contributed by atoms with Gasteiger partial charge in [-0.05, 0) is 55.8 Å². The van der Waals surface area contributed by atoms with Crippen molar-refractivity contribution >= 4 is 74.3 Å². The van der Waals surface area contributed by atoms with Gasteiger partial charge in [0.25, 0.3) is 0 Å². The summed E-state index contributed by atoms with van der Waals surface area (Å²) in [6.45, 7) is 1.69. The Hall–Kier alpha value is -3.96. The van der Waals surface area contributed by atoms with E-state index in [0.717, 1.165) is 47.2 Å². The highest BCUT2D eigenvalue weighted by atomic mass is 32.2. The van der Waals surface area contributed by atoms with Crippen molar-refractivity contribution in [1.82, 2.24) is 9.97 Å². The van der Waals surface area contributed by atoms with Gasteiger partial charge in [0.2, 0.25) is 11.0 Å². The normalized spacial score (nSPS) is 11.8. The lowest BCUT2D eigenvalue weighted by Crippen LogP contribution is -2.10. The monoisotopic (exact) mass is 746 g/mol. The molecular formula is C32H26F4N6OS5. The molecule has 16 heteroatoms. The van der Waals surface area contributed by atoms with Crippen molar-refractivity contribution in [3.63, 3.8) is 0 Å². The van der Waals surface area contributed by atoms with Crippen LogP contribution in [0.4, 0.5) is 22.7 Å².